The van der Waals surface area contributed by atoms with Crippen molar-refractivity contribution in [3.8, 4) is 0 Å². The van der Waals surface area contributed by atoms with Crippen LogP contribution in [0.5, 0.6) is 0 Å². The third-order valence-electron chi connectivity index (χ3n) is 3.36. The average molecular weight is 308 g/mol. The number of aliphatic hydroxyl groups excluding tert-OH is 1. The van der Waals surface area contributed by atoms with Gasteiger partial charge in [0, 0.05) is 15.6 Å². The van der Waals surface area contributed by atoms with E-state index in [1.54, 1.807) is 24.3 Å². The molecule has 1 aliphatic heterocycles. The van der Waals surface area contributed by atoms with E-state index in [0.29, 0.717) is 27.8 Å². The minimum absolute atomic E-state index is 0.324. The van der Waals surface area contributed by atoms with Crippen molar-refractivity contribution in [1.29, 1.82) is 0 Å². The highest BCUT2D eigenvalue weighted by Crippen LogP contribution is 2.38. The molecule has 0 aromatic heterocycles. The minimum atomic E-state index is -1.16. The first-order chi connectivity index (χ1) is 9.58. The summed E-state index contributed by atoms with van der Waals surface area (Å²) in [5.41, 5.74) is 2.04. The fourth-order valence-electron chi connectivity index (χ4n) is 2.35. The van der Waals surface area contributed by atoms with E-state index in [0.717, 1.165) is 5.56 Å². The molecule has 1 atom stereocenters. The van der Waals surface area contributed by atoms with Gasteiger partial charge in [-0.05, 0) is 29.8 Å². The molecule has 5 heteroatoms. The van der Waals surface area contributed by atoms with E-state index in [2.05, 4.69) is 0 Å². The second-order valence-corrected chi connectivity index (χ2v) is 5.47. The first-order valence-electron chi connectivity index (χ1n) is 6.10. The molecule has 0 fully saturated rings. The Morgan fingerprint density at radius 3 is 2.65 bits per heavy atom. The van der Waals surface area contributed by atoms with Crippen LogP contribution in [-0.4, -0.2) is 11.0 Å². The number of carbonyl (C=O) groups excluding carboxylic acids is 1. The molecule has 102 valence electrons. The first-order valence-corrected chi connectivity index (χ1v) is 6.86. The van der Waals surface area contributed by atoms with Gasteiger partial charge in [-0.2, -0.15) is 0 Å². The van der Waals surface area contributed by atoms with Gasteiger partial charge in [-0.15, -0.1) is 0 Å². The largest absolute Gasteiger partial charge is 0.378 e. The normalized spacial score (nSPS) is 17.4. The van der Waals surface area contributed by atoms with Crippen molar-refractivity contribution >= 4 is 34.8 Å². The number of rotatable bonds is 2. The Morgan fingerprint density at radius 1 is 1.15 bits per heavy atom. The van der Waals surface area contributed by atoms with Crippen LogP contribution in [0.1, 0.15) is 17.2 Å². The van der Waals surface area contributed by atoms with Gasteiger partial charge >= 0.3 is 0 Å². The van der Waals surface area contributed by atoms with Crippen molar-refractivity contribution < 1.29 is 9.90 Å². The van der Waals surface area contributed by atoms with Crippen LogP contribution in [-0.2, 0) is 11.3 Å². The number of anilines is 1. The molecule has 0 saturated heterocycles. The second-order valence-electron chi connectivity index (χ2n) is 4.62. The molecule has 0 radical (unpaired) electrons. The lowest BCUT2D eigenvalue weighted by molar-refractivity contribution is -0.125. The molecule has 0 spiro atoms. The highest BCUT2D eigenvalue weighted by atomic mass is 35.5. The Morgan fingerprint density at radius 2 is 1.90 bits per heavy atom. The number of amides is 1. The molecule has 1 unspecified atom stereocenters. The Bertz CT molecular complexity index is 687. The molecular formula is C15H11Cl2NO2. The standard InChI is InChI=1S/C15H11Cl2NO2/c16-10-5-6-13-11(7-10)14(19)15(20)18(13)8-9-3-1-2-4-12(9)17/h1-7,14,19H,8H2. The first kappa shape index (κ1) is 13.4. The number of nitrogens with zero attached hydrogens (tertiary/aromatic N) is 1. The molecule has 20 heavy (non-hydrogen) atoms. The quantitative estimate of drug-likeness (QED) is 0.921. The van der Waals surface area contributed by atoms with Gasteiger partial charge in [0.15, 0.2) is 6.10 Å². The molecule has 3 nitrogen and oxygen atoms in total. The van der Waals surface area contributed by atoms with Crippen molar-refractivity contribution in [3.63, 3.8) is 0 Å². The summed E-state index contributed by atoms with van der Waals surface area (Å²) in [7, 11) is 0. The summed E-state index contributed by atoms with van der Waals surface area (Å²) in [4.78, 5) is 13.7. The molecule has 1 aliphatic rings. The summed E-state index contributed by atoms with van der Waals surface area (Å²) >= 11 is 12.0. The number of aliphatic hydroxyl groups is 1. The molecule has 1 N–H and O–H groups in total. The molecule has 0 bridgehead atoms. The van der Waals surface area contributed by atoms with E-state index in [1.165, 1.54) is 4.90 Å². The van der Waals surface area contributed by atoms with Crippen molar-refractivity contribution in [2.75, 3.05) is 4.90 Å². The average Bonchev–Trinajstić information content (AvgIpc) is 2.66. The van der Waals surface area contributed by atoms with Crippen LogP contribution in [0.3, 0.4) is 0 Å². The molecule has 2 aromatic carbocycles. The Kier molecular flexibility index (Phi) is 3.42. The Labute approximate surface area is 126 Å². The van der Waals surface area contributed by atoms with Gasteiger partial charge in [-0.3, -0.25) is 4.79 Å². The molecular weight excluding hydrogens is 297 g/mol. The van der Waals surface area contributed by atoms with Crippen LogP contribution in [0, 0.1) is 0 Å². The smallest absolute Gasteiger partial charge is 0.260 e. The van der Waals surface area contributed by atoms with Crippen LogP contribution in [0.4, 0.5) is 5.69 Å². The predicted molar refractivity (Wildman–Crippen MR) is 79.1 cm³/mol. The Balaban J connectivity index is 2.00. The van der Waals surface area contributed by atoms with Crippen molar-refractivity contribution in [2.24, 2.45) is 0 Å². The molecule has 1 heterocycles. The maximum atomic E-state index is 12.2. The van der Waals surface area contributed by atoms with E-state index in [9.17, 15) is 9.90 Å². The lowest BCUT2D eigenvalue weighted by atomic mass is 10.1. The monoisotopic (exact) mass is 307 g/mol. The van der Waals surface area contributed by atoms with Crippen molar-refractivity contribution in [1.82, 2.24) is 0 Å². The number of fused-ring (bicyclic) bond motifs is 1. The second kappa shape index (κ2) is 5.09. The van der Waals surface area contributed by atoms with Gasteiger partial charge in [-0.1, -0.05) is 41.4 Å². The summed E-state index contributed by atoms with van der Waals surface area (Å²) in [6.07, 6.45) is -1.16. The number of carbonyl (C=O) groups is 1. The lowest BCUT2D eigenvalue weighted by Gasteiger charge is -2.18. The van der Waals surface area contributed by atoms with E-state index >= 15 is 0 Å². The van der Waals surface area contributed by atoms with E-state index in [4.69, 9.17) is 23.2 Å². The zero-order chi connectivity index (χ0) is 14.3. The van der Waals surface area contributed by atoms with E-state index in [1.807, 2.05) is 18.2 Å². The number of halogens is 2. The van der Waals surface area contributed by atoms with Gasteiger partial charge < -0.3 is 10.0 Å². The van der Waals surface area contributed by atoms with E-state index < -0.39 is 6.10 Å². The van der Waals surface area contributed by atoms with Gasteiger partial charge in [0.05, 0.1) is 12.2 Å². The number of benzene rings is 2. The molecule has 0 aliphatic carbocycles. The summed E-state index contributed by atoms with van der Waals surface area (Å²) in [5, 5.41) is 11.1. The van der Waals surface area contributed by atoms with Crippen molar-refractivity contribution in [3.05, 3.63) is 63.6 Å². The molecule has 0 saturated carbocycles. The summed E-state index contributed by atoms with van der Waals surface area (Å²) < 4.78 is 0. The van der Waals surface area contributed by atoms with Gasteiger partial charge in [0.25, 0.3) is 5.91 Å². The fraction of sp³-hybridized carbons (Fsp3) is 0.133. The van der Waals surface area contributed by atoms with E-state index in [-0.39, 0.29) is 5.91 Å². The predicted octanol–water partition coefficient (Wildman–Crippen LogP) is 3.57. The Hall–Kier alpha value is -1.55. The SMILES string of the molecule is O=C1C(O)c2cc(Cl)ccc2N1Cc1ccccc1Cl. The summed E-state index contributed by atoms with van der Waals surface area (Å²) in [6, 6.07) is 12.4. The van der Waals surface area contributed by atoms with Gasteiger partial charge in [0.2, 0.25) is 0 Å². The van der Waals surface area contributed by atoms with Crippen molar-refractivity contribution in [2.45, 2.75) is 12.6 Å². The van der Waals surface area contributed by atoms with Crippen LogP contribution in [0.25, 0.3) is 0 Å². The molecule has 2 aromatic rings. The van der Waals surface area contributed by atoms with Gasteiger partial charge in [-0.25, -0.2) is 0 Å². The highest BCUT2D eigenvalue weighted by molar-refractivity contribution is 6.31. The third kappa shape index (κ3) is 2.18. The minimum Gasteiger partial charge on any atom is -0.378 e. The van der Waals surface area contributed by atoms with Crippen LogP contribution in [0.2, 0.25) is 10.0 Å². The zero-order valence-corrected chi connectivity index (χ0v) is 11.9. The highest BCUT2D eigenvalue weighted by Gasteiger charge is 2.36. The topological polar surface area (TPSA) is 40.5 Å². The summed E-state index contributed by atoms with van der Waals surface area (Å²) in [6.45, 7) is 0.324. The zero-order valence-electron chi connectivity index (χ0n) is 10.4. The fourth-order valence-corrected chi connectivity index (χ4v) is 2.73. The number of hydrogen-bond donors (Lipinski definition) is 1. The maximum absolute atomic E-state index is 12.2. The van der Waals surface area contributed by atoms with Gasteiger partial charge in [0.1, 0.15) is 0 Å². The van der Waals surface area contributed by atoms with Crippen LogP contribution < -0.4 is 4.90 Å². The number of hydrogen-bond acceptors (Lipinski definition) is 2. The molecule has 1 amide bonds. The molecule has 3 rings (SSSR count). The maximum Gasteiger partial charge on any atom is 0.260 e. The lowest BCUT2D eigenvalue weighted by Crippen LogP contribution is -2.28. The van der Waals surface area contributed by atoms with Crippen LogP contribution in [0.15, 0.2) is 42.5 Å². The van der Waals surface area contributed by atoms with Crippen LogP contribution >= 0.6 is 23.2 Å². The third-order valence-corrected chi connectivity index (χ3v) is 3.97. The summed E-state index contributed by atoms with van der Waals surface area (Å²) in [5.74, 6) is -0.359.